The summed E-state index contributed by atoms with van der Waals surface area (Å²) in [5.41, 5.74) is 2.61. The van der Waals surface area contributed by atoms with E-state index in [0.717, 1.165) is 24.0 Å². The zero-order valence-electron chi connectivity index (χ0n) is 9.62. The minimum atomic E-state index is 0.287. The van der Waals surface area contributed by atoms with Crippen molar-refractivity contribution in [3.8, 4) is 0 Å². The monoisotopic (exact) mass is 283 g/mol. The molecule has 0 saturated carbocycles. The molecule has 88 valence electrons. The van der Waals surface area contributed by atoms with Crippen molar-refractivity contribution in [3.05, 3.63) is 33.8 Å². The van der Waals surface area contributed by atoms with Crippen LogP contribution in [-0.4, -0.2) is 29.2 Å². The largest absolute Gasteiger partial charge is 0.395 e. The molecule has 1 N–H and O–H groups in total. The van der Waals surface area contributed by atoms with Gasteiger partial charge < -0.3 is 5.11 Å². The number of likely N-dealkylation sites (tertiary alicyclic amines) is 1. The molecule has 16 heavy (non-hydrogen) atoms. The Hall–Kier alpha value is -0.380. The van der Waals surface area contributed by atoms with Crippen LogP contribution in [0.2, 0.25) is 0 Å². The normalized spacial score (nSPS) is 21.6. The summed E-state index contributed by atoms with van der Waals surface area (Å²) in [6.45, 7) is 4.47. The summed E-state index contributed by atoms with van der Waals surface area (Å²) in [4.78, 5) is 2.38. The van der Waals surface area contributed by atoms with Crippen LogP contribution in [0.5, 0.6) is 0 Å². The first-order valence-electron chi connectivity index (χ1n) is 5.80. The lowest BCUT2D eigenvalue weighted by Crippen LogP contribution is -2.31. The van der Waals surface area contributed by atoms with Gasteiger partial charge in [0.1, 0.15) is 0 Å². The number of aryl methyl sites for hydroxylation is 1. The van der Waals surface area contributed by atoms with Gasteiger partial charge in [0.15, 0.2) is 0 Å². The van der Waals surface area contributed by atoms with E-state index in [1.807, 2.05) is 0 Å². The number of hydrogen-bond donors (Lipinski definition) is 1. The van der Waals surface area contributed by atoms with Gasteiger partial charge in [0, 0.05) is 17.1 Å². The Labute approximate surface area is 105 Å². The first-order valence-corrected chi connectivity index (χ1v) is 6.60. The predicted octanol–water partition coefficient (Wildman–Crippen LogP) is 2.71. The topological polar surface area (TPSA) is 23.5 Å². The Morgan fingerprint density at radius 2 is 2.31 bits per heavy atom. The third-order valence-electron chi connectivity index (χ3n) is 3.32. The molecule has 0 aliphatic carbocycles. The number of aliphatic hydroxyl groups is 1. The second-order valence-corrected chi connectivity index (χ2v) is 5.39. The molecule has 2 rings (SSSR count). The highest BCUT2D eigenvalue weighted by molar-refractivity contribution is 9.10. The molecule has 0 aromatic heterocycles. The van der Waals surface area contributed by atoms with E-state index in [0.29, 0.717) is 6.04 Å². The van der Waals surface area contributed by atoms with Gasteiger partial charge in [0.25, 0.3) is 0 Å². The van der Waals surface area contributed by atoms with Crippen molar-refractivity contribution in [2.75, 3.05) is 13.2 Å². The Kier molecular flexibility index (Phi) is 4.00. The summed E-state index contributed by atoms with van der Waals surface area (Å²) in [6.07, 6.45) is 2.34. The lowest BCUT2D eigenvalue weighted by Gasteiger charge is -2.22. The van der Waals surface area contributed by atoms with Gasteiger partial charge >= 0.3 is 0 Å². The molecular formula is C13H18BrNO. The van der Waals surface area contributed by atoms with Crippen molar-refractivity contribution in [1.29, 1.82) is 0 Å². The van der Waals surface area contributed by atoms with E-state index in [9.17, 15) is 5.11 Å². The molecular weight excluding hydrogens is 266 g/mol. The van der Waals surface area contributed by atoms with Crippen LogP contribution < -0.4 is 0 Å². The summed E-state index contributed by atoms with van der Waals surface area (Å²) >= 11 is 3.51. The molecule has 1 aliphatic heterocycles. The van der Waals surface area contributed by atoms with E-state index in [1.165, 1.54) is 17.5 Å². The van der Waals surface area contributed by atoms with Gasteiger partial charge in [-0.3, -0.25) is 4.90 Å². The first kappa shape index (κ1) is 12.1. The van der Waals surface area contributed by atoms with Crippen LogP contribution in [-0.2, 0) is 6.54 Å². The molecule has 0 bridgehead atoms. The Morgan fingerprint density at radius 1 is 1.50 bits per heavy atom. The molecule has 1 atom stereocenters. The number of aliphatic hydroxyl groups excluding tert-OH is 1. The van der Waals surface area contributed by atoms with Crippen LogP contribution in [0.15, 0.2) is 22.7 Å². The molecule has 0 unspecified atom stereocenters. The fourth-order valence-corrected chi connectivity index (χ4v) is 2.60. The second kappa shape index (κ2) is 5.30. The maximum Gasteiger partial charge on any atom is 0.0587 e. The number of halogens is 1. The van der Waals surface area contributed by atoms with E-state index in [1.54, 1.807) is 0 Å². The van der Waals surface area contributed by atoms with E-state index < -0.39 is 0 Å². The highest BCUT2D eigenvalue weighted by Crippen LogP contribution is 2.22. The molecule has 1 aromatic carbocycles. The van der Waals surface area contributed by atoms with Gasteiger partial charge in [-0.2, -0.15) is 0 Å². The van der Waals surface area contributed by atoms with Crippen molar-refractivity contribution in [3.63, 3.8) is 0 Å². The van der Waals surface area contributed by atoms with Gasteiger partial charge in [0.2, 0.25) is 0 Å². The third kappa shape index (κ3) is 2.65. The summed E-state index contributed by atoms with van der Waals surface area (Å²) in [7, 11) is 0. The fourth-order valence-electron chi connectivity index (χ4n) is 2.35. The SMILES string of the molecule is Cc1cc(CN2CCC[C@H]2CO)ccc1Br. The van der Waals surface area contributed by atoms with Crippen LogP contribution in [0.3, 0.4) is 0 Å². The zero-order valence-corrected chi connectivity index (χ0v) is 11.2. The van der Waals surface area contributed by atoms with Crippen molar-refractivity contribution < 1.29 is 5.11 Å². The van der Waals surface area contributed by atoms with E-state index in [-0.39, 0.29) is 6.61 Å². The fraction of sp³-hybridized carbons (Fsp3) is 0.538. The lowest BCUT2D eigenvalue weighted by atomic mass is 10.1. The summed E-state index contributed by atoms with van der Waals surface area (Å²) < 4.78 is 1.16. The Morgan fingerprint density at radius 3 is 3.00 bits per heavy atom. The highest BCUT2D eigenvalue weighted by atomic mass is 79.9. The molecule has 2 nitrogen and oxygen atoms in total. The van der Waals surface area contributed by atoms with E-state index in [4.69, 9.17) is 0 Å². The van der Waals surface area contributed by atoms with Crippen LogP contribution in [0.25, 0.3) is 0 Å². The summed E-state index contributed by atoms with van der Waals surface area (Å²) in [5.74, 6) is 0. The van der Waals surface area contributed by atoms with Gasteiger partial charge in [0.05, 0.1) is 6.61 Å². The molecule has 0 radical (unpaired) electrons. The molecule has 0 amide bonds. The van der Waals surface area contributed by atoms with Crippen LogP contribution in [0.1, 0.15) is 24.0 Å². The molecule has 1 aromatic rings. The van der Waals surface area contributed by atoms with Crippen LogP contribution in [0, 0.1) is 6.92 Å². The number of rotatable bonds is 3. The first-order chi connectivity index (χ1) is 7.70. The highest BCUT2D eigenvalue weighted by Gasteiger charge is 2.23. The Balaban J connectivity index is 2.05. The molecule has 1 saturated heterocycles. The van der Waals surface area contributed by atoms with Gasteiger partial charge in [-0.05, 0) is 43.5 Å². The zero-order chi connectivity index (χ0) is 11.5. The molecule has 3 heteroatoms. The quantitative estimate of drug-likeness (QED) is 0.922. The maximum atomic E-state index is 9.26. The van der Waals surface area contributed by atoms with Crippen LogP contribution >= 0.6 is 15.9 Å². The number of nitrogens with zero attached hydrogens (tertiary/aromatic N) is 1. The lowest BCUT2D eigenvalue weighted by molar-refractivity contribution is 0.153. The molecule has 1 heterocycles. The average molecular weight is 284 g/mol. The third-order valence-corrected chi connectivity index (χ3v) is 4.21. The Bertz CT molecular complexity index is 367. The van der Waals surface area contributed by atoms with Crippen molar-refractivity contribution in [2.24, 2.45) is 0 Å². The minimum absolute atomic E-state index is 0.287. The standard InChI is InChI=1S/C13H18BrNO/c1-10-7-11(4-5-13(10)14)8-15-6-2-3-12(15)9-16/h4-5,7,12,16H,2-3,6,8-9H2,1H3/t12-/m0/s1. The molecule has 0 spiro atoms. The van der Waals surface area contributed by atoms with E-state index >= 15 is 0 Å². The predicted molar refractivity (Wildman–Crippen MR) is 69.4 cm³/mol. The number of hydrogen-bond acceptors (Lipinski definition) is 2. The maximum absolute atomic E-state index is 9.26. The van der Waals surface area contributed by atoms with Crippen LogP contribution in [0.4, 0.5) is 0 Å². The van der Waals surface area contributed by atoms with Gasteiger partial charge in [-0.15, -0.1) is 0 Å². The van der Waals surface area contributed by atoms with Crippen molar-refractivity contribution >= 4 is 15.9 Å². The second-order valence-electron chi connectivity index (χ2n) is 4.53. The minimum Gasteiger partial charge on any atom is -0.395 e. The smallest absolute Gasteiger partial charge is 0.0587 e. The molecule has 1 fully saturated rings. The van der Waals surface area contributed by atoms with E-state index in [2.05, 4.69) is 46.0 Å². The average Bonchev–Trinajstić information content (AvgIpc) is 2.71. The van der Waals surface area contributed by atoms with Crippen molar-refractivity contribution in [2.45, 2.75) is 32.4 Å². The van der Waals surface area contributed by atoms with Crippen molar-refractivity contribution in [1.82, 2.24) is 4.90 Å². The van der Waals surface area contributed by atoms with Gasteiger partial charge in [-0.1, -0.05) is 28.1 Å². The van der Waals surface area contributed by atoms with Gasteiger partial charge in [-0.25, -0.2) is 0 Å². The molecule has 1 aliphatic rings. The summed E-state index contributed by atoms with van der Waals surface area (Å²) in [6, 6.07) is 6.85. The number of benzene rings is 1. The summed E-state index contributed by atoms with van der Waals surface area (Å²) in [5, 5.41) is 9.26.